The number of hydrogen-bond donors (Lipinski definition) is 1. The van der Waals surface area contributed by atoms with Crippen LogP contribution in [0.3, 0.4) is 0 Å². The van der Waals surface area contributed by atoms with Crippen LogP contribution in [0.5, 0.6) is 0 Å². The lowest BCUT2D eigenvalue weighted by molar-refractivity contribution is 0.128. The zero-order chi connectivity index (χ0) is 13.7. The summed E-state index contributed by atoms with van der Waals surface area (Å²) in [5, 5.41) is 4.35. The molecule has 0 aromatic carbocycles. The van der Waals surface area contributed by atoms with Crippen molar-refractivity contribution in [1.29, 1.82) is 0 Å². The first-order valence-corrected chi connectivity index (χ1v) is 6.76. The molecule has 0 aliphatic rings. The van der Waals surface area contributed by atoms with Gasteiger partial charge >= 0.3 is 0 Å². The molecule has 0 aliphatic carbocycles. The summed E-state index contributed by atoms with van der Waals surface area (Å²) in [6.07, 6.45) is 1.61. The average molecular weight is 280 g/mol. The first-order valence-electron chi connectivity index (χ1n) is 5.94. The van der Waals surface area contributed by atoms with Crippen molar-refractivity contribution in [2.45, 2.75) is 30.7 Å². The van der Waals surface area contributed by atoms with Gasteiger partial charge in [0.15, 0.2) is 5.82 Å². The lowest BCUT2D eigenvalue weighted by Gasteiger charge is -2.06. The SMILES string of the molecule is CCOCc1nc(NC)cc(Sc2nc(C)co2)n1. The maximum atomic E-state index is 5.33. The molecule has 0 unspecified atom stereocenters. The van der Waals surface area contributed by atoms with Crippen molar-refractivity contribution in [3.8, 4) is 0 Å². The van der Waals surface area contributed by atoms with Crippen molar-refractivity contribution in [1.82, 2.24) is 15.0 Å². The predicted octanol–water partition coefficient (Wildman–Crippen LogP) is 2.50. The third-order valence-corrected chi connectivity index (χ3v) is 3.01. The van der Waals surface area contributed by atoms with Crippen molar-refractivity contribution in [3.63, 3.8) is 0 Å². The summed E-state index contributed by atoms with van der Waals surface area (Å²) in [5.74, 6) is 1.38. The second-order valence-electron chi connectivity index (χ2n) is 3.75. The van der Waals surface area contributed by atoms with Gasteiger partial charge in [-0.25, -0.2) is 15.0 Å². The van der Waals surface area contributed by atoms with Crippen LogP contribution in [-0.4, -0.2) is 28.6 Å². The quantitative estimate of drug-likeness (QED) is 0.815. The number of ether oxygens (including phenoxy) is 1. The molecule has 0 bridgehead atoms. The maximum Gasteiger partial charge on any atom is 0.262 e. The zero-order valence-electron chi connectivity index (χ0n) is 11.1. The Labute approximate surface area is 116 Å². The van der Waals surface area contributed by atoms with Gasteiger partial charge in [-0.05, 0) is 25.6 Å². The van der Waals surface area contributed by atoms with Crippen LogP contribution in [0, 0.1) is 6.92 Å². The summed E-state index contributed by atoms with van der Waals surface area (Å²) in [4.78, 5) is 13.0. The van der Waals surface area contributed by atoms with Crippen LogP contribution in [-0.2, 0) is 11.3 Å². The minimum Gasteiger partial charge on any atom is -0.439 e. The van der Waals surface area contributed by atoms with E-state index in [-0.39, 0.29) is 0 Å². The highest BCUT2D eigenvalue weighted by Crippen LogP contribution is 2.26. The van der Waals surface area contributed by atoms with E-state index >= 15 is 0 Å². The molecule has 1 N–H and O–H groups in total. The van der Waals surface area contributed by atoms with Crippen LogP contribution < -0.4 is 5.32 Å². The van der Waals surface area contributed by atoms with E-state index in [0.717, 1.165) is 16.5 Å². The van der Waals surface area contributed by atoms with E-state index in [1.807, 2.05) is 27.0 Å². The normalized spacial score (nSPS) is 10.7. The van der Waals surface area contributed by atoms with Gasteiger partial charge in [0, 0.05) is 19.7 Å². The van der Waals surface area contributed by atoms with E-state index in [0.29, 0.717) is 24.3 Å². The summed E-state index contributed by atoms with van der Waals surface area (Å²) in [7, 11) is 1.82. The monoisotopic (exact) mass is 280 g/mol. The fraction of sp³-hybridized carbons (Fsp3) is 0.417. The van der Waals surface area contributed by atoms with Gasteiger partial charge in [0.25, 0.3) is 5.22 Å². The van der Waals surface area contributed by atoms with Crippen molar-refractivity contribution >= 4 is 17.6 Å². The molecule has 0 saturated heterocycles. The molecule has 2 aromatic rings. The summed E-state index contributed by atoms with van der Waals surface area (Å²) >= 11 is 1.36. The number of rotatable bonds is 6. The lowest BCUT2D eigenvalue weighted by atomic mass is 10.5. The minimum absolute atomic E-state index is 0.393. The van der Waals surface area contributed by atoms with Gasteiger partial charge in [-0.1, -0.05) is 0 Å². The molecule has 0 fully saturated rings. The third-order valence-electron chi connectivity index (χ3n) is 2.23. The van der Waals surface area contributed by atoms with E-state index in [1.54, 1.807) is 6.26 Å². The van der Waals surface area contributed by atoms with Gasteiger partial charge in [0.2, 0.25) is 0 Å². The highest BCUT2D eigenvalue weighted by Gasteiger charge is 2.09. The molecule has 0 saturated carbocycles. The largest absolute Gasteiger partial charge is 0.439 e. The molecule has 0 spiro atoms. The Balaban J connectivity index is 2.18. The van der Waals surface area contributed by atoms with Crippen LogP contribution in [0.2, 0.25) is 0 Å². The molecule has 102 valence electrons. The van der Waals surface area contributed by atoms with E-state index in [2.05, 4.69) is 20.3 Å². The van der Waals surface area contributed by atoms with E-state index in [1.165, 1.54) is 11.8 Å². The number of aryl methyl sites for hydroxylation is 1. The minimum atomic E-state index is 0.393. The smallest absolute Gasteiger partial charge is 0.262 e. The predicted molar refractivity (Wildman–Crippen MR) is 72.3 cm³/mol. The Morgan fingerprint density at radius 3 is 2.84 bits per heavy atom. The van der Waals surface area contributed by atoms with Gasteiger partial charge in [-0.15, -0.1) is 0 Å². The maximum absolute atomic E-state index is 5.33. The fourth-order valence-electron chi connectivity index (χ4n) is 1.38. The van der Waals surface area contributed by atoms with Crippen molar-refractivity contribution in [2.24, 2.45) is 0 Å². The molecule has 0 radical (unpaired) electrons. The Bertz CT molecular complexity index is 544. The molecular formula is C12H16N4O2S. The first-order chi connectivity index (χ1) is 9.21. The topological polar surface area (TPSA) is 73.1 Å². The van der Waals surface area contributed by atoms with E-state index in [9.17, 15) is 0 Å². The summed E-state index contributed by atoms with van der Waals surface area (Å²) in [6.45, 7) is 4.85. The van der Waals surface area contributed by atoms with Gasteiger partial charge in [-0.2, -0.15) is 0 Å². The van der Waals surface area contributed by atoms with Gasteiger partial charge < -0.3 is 14.5 Å². The van der Waals surface area contributed by atoms with Crippen molar-refractivity contribution < 1.29 is 9.15 Å². The Morgan fingerprint density at radius 1 is 1.37 bits per heavy atom. The Kier molecular flexibility index (Phi) is 4.75. The van der Waals surface area contributed by atoms with Gasteiger partial charge in [-0.3, -0.25) is 0 Å². The molecule has 2 aromatic heterocycles. The van der Waals surface area contributed by atoms with Crippen molar-refractivity contribution in [2.75, 3.05) is 19.0 Å². The van der Waals surface area contributed by atoms with E-state index < -0.39 is 0 Å². The summed E-state index contributed by atoms with van der Waals surface area (Å²) < 4.78 is 10.6. The lowest BCUT2D eigenvalue weighted by Crippen LogP contribution is -2.03. The molecule has 6 nitrogen and oxygen atoms in total. The van der Waals surface area contributed by atoms with Crippen LogP contribution in [0.1, 0.15) is 18.4 Å². The standard InChI is InChI=1S/C12H16N4O2S/c1-4-17-7-10-15-9(13-3)5-11(16-10)19-12-14-8(2)6-18-12/h5-6H,4,7H2,1-3H3,(H,13,15,16). The molecule has 2 rings (SSSR count). The summed E-state index contributed by atoms with van der Waals surface area (Å²) in [6, 6.07) is 1.85. The van der Waals surface area contributed by atoms with E-state index in [4.69, 9.17) is 9.15 Å². The van der Waals surface area contributed by atoms with Crippen molar-refractivity contribution in [3.05, 3.63) is 23.8 Å². The number of anilines is 1. The number of nitrogens with zero attached hydrogens (tertiary/aromatic N) is 3. The first kappa shape index (κ1) is 13.8. The van der Waals surface area contributed by atoms with Crippen LogP contribution in [0.4, 0.5) is 5.82 Å². The van der Waals surface area contributed by atoms with Crippen LogP contribution in [0.15, 0.2) is 27.0 Å². The van der Waals surface area contributed by atoms with Crippen LogP contribution >= 0.6 is 11.8 Å². The highest BCUT2D eigenvalue weighted by atomic mass is 32.2. The highest BCUT2D eigenvalue weighted by molar-refractivity contribution is 7.99. The Hall–Kier alpha value is -1.60. The summed E-state index contributed by atoms with van der Waals surface area (Å²) in [5.41, 5.74) is 0.847. The number of nitrogens with one attached hydrogen (secondary N) is 1. The zero-order valence-corrected chi connectivity index (χ0v) is 12.0. The second-order valence-corrected chi connectivity index (χ2v) is 4.72. The van der Waals surface area contributed by atoms with Gasteiger partial charge in [0.1, 0.15) is 23.7 Å². The second kappa shape index (κ2) is 6.53. The molecular weight excluding hydrogens is 264 g/mol. The number of aromatic nitrogens is 3. The Morgan fingerprint density at radius 2 is 2.21 bits per heavy atom. The molecule has 19 heavy (non-hydrogen) atoms. The average Bonchev–Trinajstić information content (AvgIpc) is 2.81. The molecule has 0 amide bonds. The van der Waals surface area contributed by atoms with Gasteiger partial charge in [0.05, 0.1) is 5.69 Å². The molecule has 0 atom stereocenters. The molecule has 0 aliphatic heterocycles. The molecule has 2 heterocycles. The third kappa shape index (κ3) is 3.93. The van der Waals surface area contributed by atoms with Crippen LogP contribution in [0.25, 0.3) is 0 Å². The number of oxazole rings is 1. The molecule has 7 heteroatoms. The fourth-order valence-corrected chi connectivity index (χ4v) is 2.17. The number of hydrogen-bond acceptors (Lipinski definition) is 7.